The van der Waals surface area contributed by atoms with E-state index in [2.05, 4.69) is 51.0 Å². The monoisotopic (exact) mass is 264 g/mol. The molecule has 0 amide bonds. The average Bonchev–Trinajstić information content (AvgIpc) is 2.32. The number of ether oxygens (including phenoxy) is 1. The fourth-order valence-electron chi connectivity index (χ4n) is 2.44. The highest BCUT2D eigenvalue weighted by atomic mass is 16.5. The molecular weight excluding hydrogens is 236 g/mol. The van der Waals surface area contributed by atoms with Gasteiger partial charge in [0.1, 0.15) is 0 Å². The van der Waals surface area contributed by atoms with E-state index in [0.29, 0.717) is 0 Å². The molecule has 3 nitrogen and oxygen atoms in total. The molecule has 2 atom stereocenters. The van der Waals surface area contributed by atoms with E-state index in [9.17, 15) is 0 Å². The van der Waals surface area contributed by atoms with E-state index >= 15 is 0 Å². The molecule has 0 saturated heterocycles. The van der Waals surface area contributed by atoms with Gasteiger partial charge in [-0.1, -0.05) is 33.8 Å². The second-order valence-corrected chi connectivity index (χ2v) is 6.25. The van der Waals surface area contributed by atoms with Crippen molar-refractivity contribution in [1.82, 2.24) is 10.3 Å². The molecule has 0 aliphatic carbocycles. The summed E-state index contributed by atoms with van der Waals surface area (Å²) >= 11 is 0. The van der Waals surface area contributed by atoms with Gasteiger partial charge in [-0.25, -0.2) is 0 Å². The van der Waals surface area contributed by atoms with E-state index in [1.54, 1.807) is 7.11 Å². The minimum absolute atomic E-state index is 0.0733. The number of hydrogen-bond acceptors (Lipinski definition) is 3. The normalized spacial score (nSPS) is 15.3. The van der Waals surface area contributed by atoms with E-state index in [4.69, 9.17) is 4.74 Å². The topological polar surface area (TPSA) is 34.2 Å². The fraction of sp³-hybridized carbons (Fsp3) is 0.688. The van der Waals surface area contributed by atoms with Gasteiger partial charge in [0, 0.05) is 19.5 Å². The number of rotatable bonds is 6. The summed E-state index contributed by atoms with van der Waals surface area (Å²) in [5.74, 6) is 0. The molecule has 0 fully saturated rings. The Labute approximate surface area is 117 Å². The number of aromatic nitrogens is 1. The molecular formula is C16H28N2O. The number of aryl methyl sites for hydroxylation is 1. The van der Waals surface area contributed by atoms with Crippen LogP contribution in [0.5, 0.6) is 0 Å². The average molecular weight is 264 g/mol. The quantitative estimate of drug-likeness (QED) is 0.854. The Morgan fingerprint density at radius 2 is 2.00 bits per heavy atom. The summed E-state index contributed by atoms with van der Waals surface area (Å²) in [5, 5.41) is 3.61. The molecule has 19 heavy (non-hydrogen) atoms. The van der Waals surface area contributed by atoms with Gasteiger partial charge in [-0.3, -0.25) is 4.98 Å². The summed E-state index contributed by atoms with van der Waals surface area (Å²) in [5.41, 5.74) is 2.46. The molecule has 0 spiro atoms. The van der Waals surface area contributed by atoms with Crippen LogP contribution in [0.3, 0.4) is 0 Å². The third-order valence-corrected chi connectivity index (χ3v) is 3.28. The van der Waals surface area contributed by atoms with Crippen molar-refractivity contribution in [2.24, 2.45) is 5.41 Å². The number of pyridine rings is 1. The number of hydrogen-bond donors (Lipinski definition) is 1. The van der Waals surface area contributed by atoms with Gasteiger partial charge in [0.05, 0.1) is 12.1 Å². The van der Waals surface area contributed by atoms with Gasteiger partial charge in [-0.2, -0.15) is 0 Å². The highest BCUT2D eigenvalue weighted by Gasteiger charge is 2.33. The van der Waals surface area contributed by atoms with Crippen molar-refractivity contribution in [3.05, 3.63) is 29.6 Å². The summed E-state index contributed by atoms with van der Waals surface area (Å²) < 4.78 is 5.78. The zero-order chi connectivity index (χ0) is 14.5. The Kier molecular flexibility index (Phi) is 5.95. The number of nitrogens with zero attached hydrogens (tertiary/aromatic N) is 1. The standard InChI is InChI=1S/C16H28N2O/c1-7-8-18-14(15(19-6)16(3,4)5)13-9-12(2)10-17-11-13/h9-11,14-15,18H,7-8H2,1-6H3. The van der Waals surface area contributed by atoms with Crippen molar-refractivity contribution in [1.29, 1.82) is 0 Å². The third-order valence-electron chi connectivity index (χ3n) is 3.28. The van der Waals surface area contributed by atoms with Crippen LogP contribution >= 0.6 is 0 Å². The molecule has 2 unspecified atom stereocenters. The van der Waals surface area contributed by atoms with Crippen molar-refractivity contribution in [2.45, 2.75) is 53.2 Å². The Balaban J connectivity index is 3.06. The summed E-state index contributed by atoms with van der Waals surface area (Å²) in [6, 6.07) is 2.37. The van der Waals surface area contributed by atoms with Gasteiger partial charge in [-0.15, -0.1) is 0 Å². The van der Waals surface area contributed by atoms with Gasteiger partial charge in [0.25, 0.3) is 0 Å². The molecule has 1 N–H and O–H groups in total. The van der Waals surface area contributed by atoms with Crippen LogP contribution < -0.4 is 5.32 Å². The lowest BCUT2D eigenvalue weighted by Crippen LogP contribution is -2.41. The largest absolute Gasteiger partial charge is 0.379 e. The minimum Gasteiger partial charge on any atom is -0.379 e. The molecule has 1 heterocycles. The van der Waals surface area contributed by atoms with Gasteiger partial charge in [0.2, 0.25) is 0 Å². The van der Waals surface area contributed by atoms with Crippen molar-refractivity contribution < 1.29 is 4.74 Å². The van der Waals surface area contributed by atoms with Crippen LogP contribution in [0.4, 0.5) is 0 Å². The fourth-order valence-corrected chi connectivity index (χ4v) is 2.44. The van der Waals surface area contributed by atoms with Crippen molar-refractivity contribution >= 4 is 0 Å². The maximum atomic E-state index is 5.78. The predicted octanol–water partition coefficient (Wildman–Crippen LogP) is 3.49. The first-order chi connectivity index (χ1) is 8.90. The van der Waals surface area contributed by atoms with E-state index in [-0.39, 0.29) is 17.6 Å². The van der Waals surface area contributed by atoms with Crippen LogP contribution in [0.15, 0.2) is 18.5 Å². The van der Waals surface area contributed by atoms with Gasteiger partial charge in [-0.05, 0) is 36.4 Å². The van der Waals surface area contributed by atoms with Crippen LogP contribution in [-0.4, -0.2) is 24.7 Å². The zero-order valence-corrected chi connectivity index (χ0v) is 13.2. The molecule has 0 aliphatic heterocycles. The van der Waals surface area contributed by atoms with E-state index < -0.39 is 0 Å². The Morgan fingerprint density at radius 3 is 2.47 bits per heavy atom. The minimum atomic E-state index is 0.0733. The predicted molar refractivity (Wildman–Crippen MR) is 80.3 cm³/mol. The van der Waals surface area contributed by atoms with Crippen LogP contribution in [0, 0.1) is 12.3 Å². The lowest BCUT2D eigenvalue weighted by Gasteiger charge is -2.36. The van der Waals surface area contributed by atoms with Crippen LogP contribution in [0.25, 0.3) is 0 Å². The Hall–Kier alpha value is -0.930. The third kappa shape index (κ3) is 4.59. The van der Waals surface area contributed by atoms with Gasteiger partial charge < -0.3 is 10.1 Å². The number of nitrogens with one attached hydrogen (secondary N) is 1. The van der Waals surface area contributed by atoms with E-state index in [1.165, 1.54) is 11.1 Å². The van der Waals surface area contributed by atoms with Gasteiger partial charge in [0.15, 0.2) is 0 Å². The summed E-state index contributed by atoms with van der Waals surface area (Å²) in [6.07, 6.45) is 5.05. The second-order valence-electron chi connectivity index (χ2n) is 6.25. The summed E-state index contributed by atoms with van der Waals surface area (Å²) in [4.78, 5) is 4.32. The molecule has 1 rings (SSSR count). The zero-order valence-electron chi connectivity index (χ0n) is 13.2. The smallest absolute Gasteiger partial charge is 0.0814 e. The molecule has 0 aliphatic rings. The Bertz CT molecular complexity index is 385. The Morgan fingerprint density at radius 1 is 1.32 bits per heavy atom. The second kappa shape index (κ2) is 7.01. The van der Waals surface area contributed by atoms with Crippen LogP contribution in [0.1, 0.15) is 51.3 Å². The summed E-state index contributed by atoms with van der Waals surface area (Å²) in [6.45, 7) is 11.9. The number of methoxy groups -OCH3 is 1. The van der Waals surface area contributed by atoms with Crippen LogP contribution in [0.2, 0.25) is 0 Å². The highest BCUT2D eigenvalue weighted by molar-refractivity contribution is 5.22. The van der Waals surface area contributed by atoms with Gasteiger partial charge >= 0.3 is 0 Å². The lowest BCUT2D eigenvalue weighted by atomic mass is 9.82. The molecule has 0 radical (unpaired) electrons. The molecule has 0 saturated carbocycles. The SMILES string of the molecule is CCCNC(c1cncc(C)c1)C(OC)C(C)(C)C. The van der Waals surface area contributed by atoms with Crippen LogP contribution in [-0.2, 0) is 4.74 Å². The first kappa shape index (κ1) is 16.1. The maximum absolute atomic E-state index is 5.78. The molecule has 108 valence electrons. The maximum Gasteiger partial charge on any atom is 0.0814 e. The molecule has 1 aromatic rings. The lowest BCUT2D eigenvalue weighted by molar-refractivity contribution is -0.0120. The first-order valence-electron chi connectivity index (χ1n) is 7.08. The van der Waals surface area contributed by atoms with E-state index in [1.807, 2.05) is 12.4 Å². The summed E-state index contributed by atoms with van der Waals surface area (Å²) in [7, 11) is 1.79. The molecule has 1 aromatic heterocycles. The highest BCUT2D eigenvalue weighted by Crippen LogP contribution is 2.32. The molecule has 0 bridgehead atoms. The van der Waals surface area contributed by atoms with Crippen molar-refractivity contribution in [2.75, 3.05) is 13.7 Å². The first-order valence-corrected chi connectivity index (χ1v) is 7.08. The van der Waals surface area contributed by atoms with E-state index in [0.717, 1.165) is 13.0 Å². The molecule has 0 aromatic carbocycles. The van der Waals surface area contributed by atoms with Crippen molar-refractivity contribution in [3.63, 3.8) is 0 Å². The van der Waals surface area contributed by atoms with Crippen molar-refractivity contribution in [3.8, 4) is 0 Å². The molecule has 3 heteroatoms.